The molecular formula is C15H29O2SY. The van der Waals surface area contributed by atoms with E-state index in [2.05, 4.69) is 33.6 Å². The van der Waals surface area contributed by atoms with E-state index in [4.69, 9.17) is 0 Å². The Hall–Kier alpha value is 1.05. The quantitative estimate of drug-likeness (QED) is 0.518. The van der Waals surface area contributed by atoms with Crippen LogP contribution in [0.4, 0.5) is 0 Å². The van der Waals surface area contributed by atoms with E-state index < -0.39 is 14.6 Å². The van der Waals surface area contributed by atoms with Crippen LogP contribution in [0.3, 0.4) is 0 Å². The second-order valence-corrected chi connectivity index (χ2v) is 9.39. The molecule has 0 spiro atoms. The van der Waals surface area contributed by atoms with Crippen molar-refractivity contribution in [3.63, 3.8) is 0 Å². The number of rotatable bonds is 1. The minimum atomic E-state index is -2.99. The van der Waals surface area contributed by atoms with E-state index in [-0.39, 0.29) is 38.0 Å². The van der Waals surface area contributed by atoms with Crippen molar-refractivity contribution in [3.8, 4) is 0 Å². The van der Waals surface area contributed by atoms with Crippen LogP contribution in [0.2, 0.25) is 0 Å². The second kappa shape index (κ2) is 9.89. The van der Waals surface area contributed by atoms with Gasteiger partial charge in [0.05, 0.1) is 4.75 Å². The molecule has 0 radical (unpaired) electrons. The molecular weight excluding hydrogens is 333 g/mol. The average molecular weight is 362 g/mol. The molecule has 1 aliphatic carbocycles. The van der Waals surface area contributed by atoms with Gasteiger partial charge in [-0.3, -0.25) is 0 Å². The van der Waals surface area contributed by atoms with Crippen molar-refractivity contribution in [1.29, 1.82) is 0 Å². The normalized spacial score (nSPS) is 18.1. The molecule has 0 unspecified atom stereocenters. The molecule has 0 amide bonds. The fourth-order valence-corrected chi connectivity index (χ4v) is 3.47. The summed E-state index contributed by atoms with van der Waals surface area (Å²) in [5, 5.41) is -0.190. The standard InChI is InChI=1S/C11H20O2S.C4H9.Y/c1-11(2,3)14(12,13)10-8-6-4-5-7-9-10;1-4(2)3;/h6-7,10H,4-5,8-9H2,1-3H3;1-3H3;/q-2;-1;+3. The Bertz CT molecular complexity index is 305. The molecule has 0 N–H and O–H groups in total. The van der Waals surface area contributed by atoms with E-state index in [1.807, 2.05) is 0 Å². The van der Waals surface area contributed by atoms with Crippen molar-refractivity contribution in [3.05, 3.63) is 18.8 Å². The molecule has 0 atom stereocenters. The maximum absolute atomic E-state index is 12.1. The average Bonchev–Trinajstić information content (AvgIpc) is 2.42. The molecule has 4 heteroatoms. The molecule has 110 valence electrons. The Morgan fingerprint density at radius 2 is 1.32 bits per heavy atom. The fraction of sp³-hybridized carbons (Fsp3) is 0.800. The molecule has 0 aromatic rings. The molecule has 1 aliphatic rings. The van der Waals surface area contributed by atoms with E-state index >= 15 is 0 Å². The zero-order chi connectivity index (χ0) is 14.4. The molecule has 0 saturated heterocycles. The smallest absolute Gasteiger partial charge is 0.330 e. The van der Waals surface area contributed by atoms with Crippen LogP contribution in [-0.2, 0) is 42.5 Å². The first kappa shape index (κ1) is 22.3. The SMILES string of the molecule is CC(C)(C)S(=O)(=O)C1C[CH-]CC[CH-]C1.C[C-](C)C.[Y+3]. The van der Waals surface area contributed by atoms with Crippen LogP contribution in [0.1, 0.15) is 67.2 Å². The summed E-state index contributed by atoms with van der Waals surface area (Å²) >= 11 is 0. The summed E-state index contributed by atoms with van der Waals surface area (Å²) in [6.45, 7) is 11.6. The van der Waals surface area contributed by atoms with Crippen LogP contribution in [0.5, 0.6) is 0 Å². The Morgan fingerprint density at radius 3 is 1.58 bits per heavy atom. The zero-order valence-corrected chi connectivity index (χ0v) is 17.0. The number of hydrogen-bond acceptors (Lipinski definition) is 2. The summed E-state index contributed by atoms with van der Waals surface area (Å²) in [5.41, 5.74) is 0. The molecule has 0 bridgehead atoms. The largest absolute Gasteiger partial charge is 3.00 e. The van der Waals surface area contributed by atoms with Crippen LogP contribution < -0.4 is 0 Å². The van der Waals surface area contributed by atoms with Crippen molar-refractivity contribution >= 4 is 9.84 Å². The van der Waals surface area contributed by atoms with Gasteiger partial charge < -0.3 is 18.8 Å². The third-order valence-electron chi connectivity index (χ3n) is 2.73. The van der Waals surface area contributed by atoms with Gasteiger partial charge in [-0.2, -0.15) is 33.6 Å². The summed E-state index contributed by atoms with van der Waals surface area (Å²) < 4.78 is 23.6. The van der Waals surface area contributed by atoms with Gasteiger partial charge in [-0.25, -0.2) is 21.3 Å². The summed E-state index contributed by atoms with van der Waals surface area (Å²) in [7, 11) is -2.99. The van der Waals surface area contributed by atoms with Gasteiger partial charge in [-0.15, -0.1) is 0 Å². The summed E-state index contributed by atoms with van der Waals surface area (Å²) in [4.78, 5) is 0. The predicted octanol–water partition coefficient (Wildman–Crippen LogP) is 4.17. The molecule has 1 saturated carbocycles. The Labute approximate surface area is 146 Å². The third-order valence-corrected chi connectivity index (χ3v) is 5.70. The minimum absolute atomic E-state index is 0. The second-order valence-electron chi connectivity index (χ2n) is 6.41. The van der Waals surface area contributed by atoms with Gasteiger partial charge in [0.1, 0.15) is 0 Å². The van der Waals surface area contributed by atoms with Gasteiger partial charge in [0.25, 0.3) is 0 Å². The number of sulfone groups is 1. The van der Waals surface area contributed by atoms with Crippen LogP contribution in [0, 0.1) is 18.8 Å². The Morgan fingerprint density at radius 1 is 1.00 bits per heavy atom. The van der Waals surface area contributed by atoms with Gasteiger partial charge in [-0.05, 0) is 20.8 Å². The van der Waals surface area contributed by atoms with Gasteiger partial charge >= 0.3 is 32.7 Å². The fourth-order valence-electron chi connectivity index (χ4n) is 1.69. The van der Waals surface area contributed by atoms with E-state index in [1.165, 1.54) is 5.92 Å². The third kappa shape index (κ3) is 8.83. The monoisotopic (exact) mass is 362 g/mol. The first-order chi connectivity index (χ1) is 8.09. The van der Waals surface area contributed by atoms with Crippen LogP contribution in [0.15, 0.2) is 0 Å². The number of hydrogen-bond donors (Lipinski definition) is 0. The van der Waals surface area contributed by atoms with Gasteiger partial charge in [0, 0.05) is 5.25 Å². The first-order valence-electron chi connectivity index (χ1n) is 6.72. The van der Waals surface area contributed by atoms with Crippen LogP contribution in [0.25, 0.3) is 0 Å². The van der Waals surface area contributed by atoms with E-state index in [9.17, 15) is 8.42 Å². The van der Waals surface area contributed by atoms with Gasteiger partial charge in [0.15, 0.2) is 9.84 Å². The predicted molar refractivity (Wildman–Crippen MR) is 79.8 cm³/mol. The summed E-state index contributed by atoms with van der Waals surface area (Å²) in [6.07, 6.45) is 7.70. The zero-order valence-electron chi connectivity index (χ0n) is 13.4. The van der Waals surface area contributed by atoms with Gasteiger partial charge in [0.2, 0.25) is 0 Å². The van der Waals surface area contributed by atoms with Crippen molar-refractivity contribution in [1.82, 2.24) is 0 Å². The molecule has 1 rings (SSSR count). The van der Waals surface area contributed by atoms with Crippen molar-refractivity contribution < 1.29 is 41.1 Å². The van der Waals surface area contributed by atoms with Crippen LogP contribution >= 0.6 is 0 Å². The molecule has 0 aromatic carbocycles. The van der Waals surface area contributed by atoms with Crippen molar-refractivity contribution in [2.24, 2.45) is 0 Å². The van der Waals surface area contributed by atoms with Crippen molar-refractivity contribution in [2.45, 2.75) is 77.2 Å². The van der Waals surface area contributed by atoms with E-state index in [1.54, 1.807) is 20.8 Å². The molecule has 19 heavy (non-hydrogen) atoms. The molecule has 2 nitrogen and oxygen atoms in total. The molecule has 0 heterocycles. The summed E-state index contributed by atoms with van der Waals surface area (Å²) in [5.74, 6) is 1.42. The Balaban J connectivity index is 0. The van der Waals surface area contributed by atoms with E-state index in [0.29, 0.717) is 0 Å². The maximum Gasteiger partial charge on any atom is 3.00 e. The minimum Gasteiger partial charge on any atom is -0.330 e. The van der Waals surface area contributed by atoms with E-state index in [0.717, 1.165) is 25.7 Å². The maximum atomic E-state index is 12.1. The molecule has 0 aliphatic heterocycles. The molecule has 1 fully saturated rings. The van der Waals surface area contributed by atoms with Crippen LogP contribution in [-0.4, -0.2) is 18.4 Å². The Kier molecular flexibility index (Phi) is 11.6. The van der Waals surface area contributed by atoms with Gasteiger partial charge in [-0.1, -0.05) is 0 Å². The summed E-state index contributed by atoms with van der Waals surface area (Å²) in [6, 6.07) is 0. The topological polar surface area (TPSA) is 34.1 Å². The van der Waals surface area contributed by atoms with Crippen molar-refractivity contribution in [2.75, 3.05) is 0 Å². The molecule has 0 aromatic heterocycles. The first-order valence-corrected chi connectivity index (χ1v) is 8.27.